The summed E-state index contributed by atoms with van der Waals surface area (Å²) in [5, 5.41) is 11.3. The number of likely N-dealkylation sites (N-methyl/N-ethyl adjacent to an activating group) is 1. The minimum atomic E-state index is -0.856. The number of aliphatic carboxylic acids is 1. The van der Waals surface area contributed by atoms with Gasteiger partial charge in [-0.15, -0.1) is 0 Å². The smallest absolute Gasteiger partial charge is 0.407 e. The van der Waals surface area contributed by atoms with Crippen LogP contribution in [0.15, 0.2) is 48.5 Å². The van der Waals surface area contributed by atoms with E-state index >= 15 is 0 Å². The fourth-order valence-corrected chi connectivity index (χ4v) is 4.08. The highest BCUT2D eigenvalue weighted by molar-refractivity contribution is 5.82. The second-order valence-corrected chi connectivity index (χ2v) is 8.04. The standard InChI is InChI=1S/C25H30N2O6/c1-27(14-8-7-13-23(28)29)24(30)22(32-2)15-26-25(31)33-16-21-19-11-5-3-9-17(19)18-10-4-6-12-20(18)21/h3-6,9-12,21-22H,7-8,13-16H2,1-2H3,(H,26,31)(H,28,29). The number of unbranched alkanes of at least 4 members (excludes halogenated alkanes) is 1. The van der Waals surface area contributed by atoms with Crippen LogP contribution in [0, 0.1) is 0 Å². The average Bonchev–Trinajstić information content (AvgIpc) is 3.14. The summed E-state index contributed by atoms with van der Waals surface area (Å²) in [4.78, 5) is 37.0. The molecule has 8 nitrogen and oxygen atoms in total. The van der Waals surface area contributed by atoms with Crippen molar-refractivity contribution in [2.45, 2.75) is 31.3 Å². The molecule has 1 unspecified atom stereocenters. The van der Waals surface area contributed by atoms with Gasteiger partial charge in [0.2, 0.25) is 0 Å². The number of carboxylic acid groups (broad SMARTS) is 1. The van der Waals surface area contributed by atoms with Gasteiger partial charge in [0.15, 0.2) is 6.10 Å². The molecule has 0 bridgehead atoms. The Labute approximate surface area is 193 Å². The van der Waals surface area contributed by atoms with Gasteiger partial charge in [-0.2, -0.15) is 0 Å². The lowest BCUT2D eigenvalue weighted by Crippen LogP contribution is -2.45. The van der Waals surface area contributed by atoms with Crippen molar-refractivity contribution >= 4 is 18.0 Å². The van der Waals surface area contributed by atoms with Gasteiger partial charge in [0.05, 0.1) is 6.54 Å². The first-order valence-corrected chi connectivity index (χ1v) is 11.0. The van der Waals surface area contributed by atoms with Gasteiger partial charge in [0, 0.05) is 33.0 Å². The predicted octanol–water partition coefficient (Wildman–Crippen LogP) is 3.25. The van der Waals surface area contributed by atoms with Gasteiger partial charge >= 0.3 is 12.1 Å². The van der Waals surface area contributed by atoms with Crippen LogP contribution in [0.3, 0.4) is 0 Å². The number of methoxy groups -OCH3 is 1. The van der Waals surface area contributed by atoms with Gasteiger partial charge in [-0.1, -0.05) is 48.5 Å². The third kappa shape index (κ3) is 6.10. The van der Waals surface area contributed by atoms with Crippen molar-refractivity contribution < 1.29 is 29.0 Å². The van der Waals surface area contributed by atoms with Gasteiger partial charge in [-0.25, -0.2) is 4.79 Å². The van der Waals surface area contributed by atoms with Crippen LogP contribution >= 0.6 is 0 Å². The van der Waals surface area contributed by atoms with Crippen LogP contribution in [0.1, 0.15) is 36.3 Å². The third-order valence-electron chi connectivity index (χ3n) is 5.85. The summed E-state index contributed by atoms with van der Waals surface area (Å²) < 4.78 is 10.7. The maximum absolute atomic E-state index is 12.5. The predicted molar refractivity (Wildman–Crippen MR) is 123 cm³/mol. The molecule has 0 fully saturated rings. The van der Waals surface area contributed by atoms with E-state index in [9.17, 15) is 14.4 Å². The lowest BCUT2D eigenvalue weighted by molar-refractivity contribution is -0.140. The van der Waals surface area contributed by atoms with Crippen LogP contribution in [0.2, 0.25) is 0 Å². The van der Waals surface area contributed by atoms with E-state index in [2.05, 4.69) is 17.4 Å². The summed E-state index contributed by atoms with van der Waals surface area (Å²) in [5.74, 6) is -1.18. The fraction of sp³-hybridized carbons (Fsp3) is 0.400. The van der Waals surface area contributed by atoms with E-state index in [0.717, 1.165) is 22.3 Å². The van der Waals surface area contributed by atoms with Crippen molar-refractivity contribution in [2.75, 3.05) is 33.9 Å². The summed E-state index contributed by atoms with van der Waals surface area (Å²) in [6.07, 6.45) is -0.335. The Hall–Kier alpha value is -3.39. The Bertz CT molecular complexity index is 947. The molecule has 2 N–H and O–H groups in total. The number of amides is 2. The highest BCUT2D eigenvalue weighted by Crippen LogP contribution is 2.44. The van der Waals surface area contributed by atoms with E-state index in [4.69, 9.17) is 14.6 Å². The molecule has 0 saturated carbocycles. The van der Waals surface area contributed by atoms with Crippen LogP contribution in [-0.4, -0.2) is 67.9 Å². The molecule has 0 saturated heterocycles. The second-order valence-electron chi connectivity index (χ2n) is 8.04. The van der Waals surface area contributed by atoms with Crippen molar-refractivity contribution in [2.24, 2.45) is 0 Å². The number of carbonyl (C=O) groups excluding carboxylic acids is 2. The molecule has 33 heavy (non-hydrogen) atoms. The molecule has 8 heteroatoms. The first-order chi connectivity index (χ1) is 15.9. The normalized spacial score (nSPS) is 13.0. The maximum atomic E-state index is 12.5. The summed E-state index contributed by atoms with van der Waals surface area (Å²) in [6.45, 7) is 0.581. The number of benzene rings is 2. The molecule has 0 aliphatic heterocycles. The summed E-state index contributed by atoms with van der Waals surface area (Å²) in [5.41, 5.74) is 4.55. The number of hydrogen-bond acceptors (Lipinski definition) is 5. The zero-order valence-electron chi connectivity index (χ0n) is 19.0. The first kappa shape index (κ1) is 24.3. The van der Waals surface area contributed by atoms with Crippen LogP contribution in [0.25, 0.3) is 11.1 Å². The Morgan fingerprint density at radius 3 is 2.21 bits per heavy atom. The highest BCUT2D eigenvalue weighted by atomic mass is 16.5. The molecule has 1 atom stereocenters. The van der Waals surface area contributed by atoms with Gasteiger partial charge in [-0.05, 0) is 35.1 Å². The fourth-order valence-electron chi connectivity index (χ4n) is 4.08. The molecule has 176 valence electrons. The van der Waals surface area contributed by atoms with Gasteiger partial charge in [0.25, 0.3) is 5.91 Å². The van der Waals surface area contributed by atoms with Gasteiger partial charge in [0.1, 0.15) is 6.61 Å². The maximum Gasteiger partial charge on any atom is 0.407 e. The number of nitrogens with zero attached hydrogens (tertiary/aromatic N) is 1. The zero-order chi connectivity index (χ0) is 23.8. The van der Waals surface area contributed by atoms with Crippen molar-refractivity contribution in [1.82, 2.24) is 10.2 Å². The quantitative estimate of drug-likeness (QED) is 0.505. The molecule has 0 spiro atoms. The number of ether oxygens (including phenoxy) is 2. The summed E-state index contributed by atoms with van der Waals surface area (Å²) in [7, 11) is 3.03. The Kier molecular flexibility index (Phi) is 8.43. The van der Waals surface area contributed by atoms with E-state index in [-0.39, 0.29) is 31.4 Å². The molecule has 1 aliphatic carbocycles. The molecule has 1 aliphatic rings. The SMILES string of the molecule is COC(CNC(=O)OCC1c2ccccc2-c2ccccc21)C(=O)N(C)CCCCC(=O)O. The van der Waals surface area contributed by atoms with Crippen LogP contribution in [-0.2, 0) is 19.1 Å². The number of carboxylic acids is 1. The van der Waals surface area contributed by atoms with Crippen LogP contribution < -0.4 is 5.32 Å². The molecule has 3 rings (SSSR count). The van der Waals surface area contributed by atoms with Crippen molar-refractivity contribution in [3.8, 4) is 11.1 Å². The molecular weight excluding hydrogens is 424 g/mol. The molecule has 0 heterocycles. The van der Waals surface area contributed by atoms with Crippen LogP contribution in [0.4, 0.5) is 4.79 Å². The zero-order valence-corrected chi connectivity index (χ0v) is 19.0. The van der Waals surface area contributed by atoms with Crippen molar-refractivity contribution in [3.05, 3.63) is 59.7 Å². The number of carbonyl (C=O) groups is 3. The third-order valence-corrected chi connectivity index (χ3v) is 5.85. The topological polar surface area (TPSA) is 105 Å². The molecule has 2 aromatic carbocycles. The van der Waals surface area contributed by atoms with Crippen molar-refractivity contribution in [1.29, 1.82) is 0 Å². The lowest BCUT2D eigenvalue weighted by Gasteiger charge is -2.23. The molecule has 0 radical (unpaired) electrons. The largest absolute Gasteiger partial charge is 0.481 e. The molecular formula is C25H30N2O6. The minimum absolute atomic E-state index is 0.0223. The molecule has 2 aromatic rings. The number of hydrogen-bond donors (Lipinski definition) is 2. The van der Waals surface area contributed by atoms with Gasteiger partial charge in [-0.3, -0.25) is 9.59 Å². The average molecular weight is 455 g/mol. The summed E-state index contributed by atoms with van der Waals surface area (Å²) in [6, 6.07) is 16.2. The van der Waals surface area contributed by atoms with E-state index in [1.165, 1.54) is 12.0 Å². The number of alkyl carbamates (subject to hydrolysis) is 1. The van der Waals surface area contributed by atoms with Crippen molar-refractivity contribution in [3.63, 3.8) is 0 Å². The molecule has 2 amide bonds. The Morgan fingerprint density at radius 1 is 1.03 bits per heavy atom. The number of rotatable bonds is 11. The van der Waals surface area contributed by atoms with E-state index in [0.29, 0.717) is 19.4 Å². The summed E-state index contributed by atoms with van der Waals surface area (Å²) >= 11 is 0. The van der Waals surface area contributed by atoms with E-state index < -0.39 is 18.2 Å². The molecule has 0 aromatic heterocycles. The number of nitrogens with one attached hydrogen (secondary N) is 1. The van der Waals surface area contributed by atoms with E-state index in [1.54, 1.807) is 7.05 Å². The van der Waals surface area contributed by atoms with Crippen LogP contribution in [0.5, 0.6) is 0 Å². The Balaban J connectivity index is 1.49. The second kappa shape index (κ2) is 11.5. The Morgan fingerprint density at radius 2 is 1.64 bits per heavy atom. The van der Waals surface area contributed by atoms with Gasteiger partial charge < -0.3 is 24.8 Å². The first-order valence-electron chi connectivity index (χ1n) is 11.0. The highest BCUT2D eigenvalue weighted by Gasteiger charge is 2.29. The minimum Gasteiger partial charge on any atom is -0.481 e. The number of fused-ring (bicyclic) bond motifs is 3. The monoisotopic (exact) mass is 454 g/mol. The lowest BCUT2D eigenvalue weighted by atomic mass is 9.98. The van der Waals surface area contributed by atoms with E-state index in [1.807, 2.05) is 36.4 Å².